The molecule has 0 saturated heterocycles. The van der Waals surface area contributed by atoms with E-state index >= 15 is 0 Å². The van der Waals surface area contributed by atoms with Gasteiger partial charge >= 0.3 is 5.97 Å². The van der Waals surface area contributed by atoms with Crippen LogP contribution in [0.1, 0.15) is 122 Å². The van der Waals surface area contributed by atoms with Crippen molar-refractivity contribution in [2.45, 2.75) is 112 Å². The first kappa shape index (κ1) is 35.5. The highest BCUT2D eigenvalue weighted by Gasteiger charge is 2.29. The largest absolute Gasteiger partial charge is 0.512 e. The highest BCUT2D eigenvalue weighted by molar-refractivity contribution is 6.13. The van der Waals surface area contributed by atoms with Gasteiger partial charge in [-0.2, -0.15) is 0 Å². The van der Waals surface area contributed by atoms with Crippen molar-refractivity contribution in [1.82, 2.24) is 9.38 Å². The summed E-state index contributed by atoms with van der Waals surface area (Å²) in [5.41, 5.74) is 0.400. The van der Waals surface area contributed by atoms with Crippen molar-refractivity contribution < 1.29 is 24.2 Å². The van der Waals surface area contributed by atoms with Crippen molar-refractivity contribution in [3.63, 3.8) is 0 Å². The van der Waals surface area contributed by atoms with Crippen molar-refractivity contribution in [2.75, 3.05) is 11.5 Å². The van der Waals surface area contributed by atoms with E-state index in [1.807, 2.05) is 30.3 Å². The molecule has 0 spiro atoms. The summed E-state index contributed by atoms with van der Waals surface area (Å²) in [6.07, 6.45) is 15.1. The van der Waals surface area contributed by atoms with Crippen molar-refractivity contribution in [1.29, 1.82) is 0 Å². The smallest absolute Gasteiger partial charge is 0.342 e. The number of esters is 1. The molecule has 2 heterocycles. The van der Waals surface area contributed by atoms with Crippen molar-refractivity contribution in [3.05, 3.63) is 57.7 Å². The second-order valence-electron chi connectivity index (χ2n) is 11.9. The molecule has 1 aromatic carbocycles. The van der Waals surface area contributed by atoms with Gasteiger partial charge in [0, 0.05) is 25.6 Å². The number of amides is 2. The molecule has 0 bridgehead atoms. The monoisotopic (exact) mass is 619 g/mol. The molecule has 1 unspecified atom stereocenters. The van der Waals surface area contributed by atoms with E-state index in [1.54, 1.807) is 0 Å². The molecule has 2 amide bonds. The molecule has 0 aliphatic carbocycles. The summed E-state index contributed by atoms with van der Waals surface area (Å²) in [6.45, 7) is 8.26. The highest BCUT2D eigenvalue weighted by Crippen LogP contribution is 2.29. The number of aliphatic hydroxyl groups excluding tert-OH is 1. The van der Waals surface area contributed by atoms with Crippen molar-refractivity contribution >= 4 is 35.0 Å². The molecule has 9 nitrogen and oxygen atoms in total. The summed E-state index contributed by atoms with van der Waals surface area (Å²) in [5, 5.41) is 10.2. The maximum Gasteiger partial charge on any atom is 0.342 e. The quantitative estimate of drug-likeness (QED) is 0.126. The molecule has 1 atom stereocenters. The topological polar surface area (TPSA) is 118 Å². The molecule has 3 aromatic rings. The third kappa shape index (κ3) is 9.25. The van der Waals surface area contributed by atoms with Gasteiger partial charge in [-0.15, -0.1) is 0 Å². The first-order valence-electron chi connectivity index (χ1n) is 16.4. The summed E-state index contributed by atoms with van der Waals surface area (Å²) in [5.74, 6) is -2.51. The van der Waals surface area contributed by atoms with Gasteiger partial charge in [-0.3, -0.25) is 18.8 Å². The molecular formula is C36H49N3O6. The van der Waals surface area contributed by atoms with Gasteiger partial charge in [0.15, 0.2) is 11.5 Å². The fraction of sp³-hybridized carbons (Fsp3) is 0.528. The van der Waals surface area contributed by atoms with E-state index in [1.165, 1.54) is 63.5 Å². The van der Waals surface area contributed by atoms with Crippen molar-refractivity contribution in [2.24, 2.45) is 5.92 Å². The lowest BCUT2D eigenvalue weighted by Gasteiger charge is -2.18. The van der Waals surface area contributed by atoms with Crippen LogP contribution in [-0.4, -0.2) is 38.9 Å². The van der Waals surface area contributed by atoms with Crippen LogP contribution in [0.25, 0.3) is 22.5 Å². The minimum Gasteiger partial charge on any atom is -0.512 e. The number of carbonyl (C=O) groups is 3. The maximum absolute atomic E-state index is 13.9. The number of hydrogen-bond donors (Lipinski definition) is 1. The van der Waals surface area contributed by atoms with E-state index < -0.39 is 29.1 Å². The van der Waals surface area contributed by atoms with Crippen molar-refractivity contribution in [3.8, 4) is 11.1 Å². The number of nitrogens with zero attached hydrogens (tertiary/aromatic N) is 3. The number of carbonyl (C=O) groups excluding carboxylic acids is 3. The van der Waals surface area contributed by atoms with Gasteiger partial charge in [0.05, 0.1) is 6.61 Å². The Hall–Kier alpha value is -4.01. The molecule has 45 heavy (non-hydrogen) atoms. The number of imide groups is 1. The van der Waals surface area contributed by atoms with Gasteiger partial charge < -0.3 is 9.84 Å². The van der Waals surface area contributed by atoms with Crippen LogP contribution >= 0.6 is 0 Å². The predicted octanol–water partition coefficient (Wildman–Crippen LogP) is 7.16. The zero-order valence-corrected chi connectivity index (χ0v) is 27.6. The number of aliphatic hydroxyl groups is 1. The van der Waals surface area contributed by atoms with E-state index in [9.17, 15) is 24.3 Å². The molecule has 0 radical (unpaired) electrons. The Balaban J connectivity index is 2.05. The number of rotatable bonds is 17. The molecule has 9 heteroatoms. The normalized spacial score (nSPS) is 12.6. The van der Waals surface area contributed by atoms with Gasteiger partial charge in [0.25, 0.3) is 5.56 Å². The Bertz CT molecular complexity index is 1550. The van der Waals surface area contributed by atoms with Gasteiger partial charge in [-0.1, -0.05) is 108 Å². The summed E-state index contributed by atoms with van der Waals surface area (Å²) < 4.78 is 7.16. The summed E-state index contributed by atoms with van der Waals surface area (Å²) in [6, 6.07) is 9.11. The Morgan fingerprint density at radius 2 is 1.42 bits per heavy atom. The maximum atomic E-state index is 13.9. The lowest BCUT2D eigenvalue weighted by Crippen LogP contribution is -2.44. The number of benzene rings is 1. The zero-order valence-electron chi connectivity index (χ0n) is 27.6. The number of aromatic nitrogens is 2. The number of fused-ring (bicyclic) bond motifs is 1. The van der Waals surface area contributed by atoms with Crippen LogP contribution in [-0.2, 0) is 14.3 Å². The molecule has 0 saturated carbocycles. The van der Waals surface area contributed by atoms with Gasteiger partial charge in [0.1, 0.15) is 16.5 Å². The Morgan fingerprint density at radius 1 is 0.867 bits per heavy atom. The van der Waals surface area contributed by atoms with Crippen LogP contribution in [0.3, 0.4) is 0 Å². The molecule has 0 fully saturated rings. The molecule has 2 aromatic heterocycles. The Morgan fingerprint density at radius 3 is 1.98 bits per heavy atom. The minimum atomic E-state index is -0.712. The lowest BCUT2D eigenvalue weighted by molar-refractivity contribution is -0.124. The summed E-state index contributed by atoms with van der Waals surface area (Å²) in [7, 11) is 0. The number of unbranched alkanes of at least 4 members (excludes halogenated alkanes) is 8. The highest BCUT2D eigenvalue weighted by atomic mass is 16.5. The average molecular weight is 620 g/mol. The molecular weight excluding hydrogens is 570 g/mol. The van der Waals surface area contributed by atoms with Crippen LogP contribution in [0.15, 0.2) is 41.3 Å². The third-order valence-corrected chi connectivity index (χ3v) is 8.22. The minimum absolute atomic E-state index is 0.0493. The molecule has 0 aliphatic heterocycles. The number of ether oxygens (including phenoxy) is 1. The summed E-state index contributed by atoms with van der Waals surface area (Å²) >= 11 is 0. The van der Waals surface area contributed by atoms with Crippen LogP contribution in [0.4, 0.5) is 5.82 Å². The Kier molecular flexibility index (Phi) is 13.8. The fourth-order valence-electron chi connectivity index (χ4n) is 5.82. The summed E-state index contributed by atoms with van der Waals surface area (Å²) in [4.78, 5) is 57.9. The van der Waals surface area contributed by atoms with Gasteiger partial charge in [-0.05, 0) is 31.2 Å². The first-order chi connectivity index (χ1) is 21.6. The predicted molar refractivity (Wildman–Crippen MR) is 178 cm³/mol. The Labute approximate surface area is 266 Å². The number of anilines is 1. The van der Waals surface area contributed by atoms with Crippen LogP contribution in [0.2, 0.25) is 0 Å². The standard InChI is InChI=1S/C36H49N3O6/c1-6-8-10-12-13-16-20-28(19-15-11-9-7-2)24-45-36(44)32-30(29-21-17-14-18-22-29)23-38-33(32)37-34(31(25(3)40)35(38)43)39(26(4)41)27(5)42/h14,17-18,21-23,28,40H,6-13,15-16,19-20,24H2,1-5H3. The van der Waals surface area contributed by atoms with Crippen LogP contribution in [0.5, 0.6) is 0 Å². The average Bonchev–Trinajstić information content (AvgIpc) is 3.39. The molecule has 1 N–H and O–H groups in total. The van der Waals surface area contributed by atoms with E-state index in [0.717, 1.165) is 49.8 Å². The first-order valence-corrected chi connectivity index (χ1v) is 16.4. The molecule has 0 aliphatic rings. The zero-order chi connectivity index (χ0) is 32.9. The second-order valence-corrected chi connectivity index (χ2v) is 11.9. The van der Waals surface area contributed by atoms with E-state index in [0.29, 0.717) is 11.1 Å². The van der Waals surface area contributed by atoms with E-state index in [4.69, 9.17) is 4.74 Å². The van der Waals surface area contributed by atoms with Crippen LogP contribution < -0.4 is 15.7 Å². The SMILES string of the molecule is CCCCCCCCC(CCCCCC)COC(=O)c1c(-c2ccccc2)cn2c(=O)c(=C(C)O)c(N(C(C)=O)C(C)=O)nc12. The van der Waals surface area contributed by atoms with Gasteiger partial charge in [0.2, 0.25) is 11.8 Å². The van der Waals surface area contributed by atoms with Gasteiger partial charge in [-0.25, -0.2) is 14.7 Å². The molecule has 244 valence electrons. The lowest BCUT2D eigenvalue weighted by atomic mass is 9.95. The van der Waals surface area contributed by atoms with E-state index in [-0.39, 0.29) is 34.8 Å². The molecule has 3 rings (SSSR count). The third-order valence-electron chi connectivity index (χ3n) is 8.22. The van der Waals surface area contributed by atoms with E-state index in [2.05, 4.69) is 18.8 Å². The number of hydrogen-bond acceptors (Lipinski definition) is 7. The van der Waals surface area contributed by atoms with Crippen LogP contribution in [0, 0.1) is 5.92 Å². The fourth-order valence-corrected chi connectivity index (χ4v) is 5.82. The second kappa shape index (κ2) is 17.5.